The van der Waals surface area contributed by atoms with E-state index < -0.39 is 10.0 Å². The van der Waals surface area contributed by atoms with Gasteiger partial charge in [0.25, 0.3) is 10.0 Å². The van der Waals surface area contributed by atoms with Gasteiger partial charge < -0.3 is 5.73 Å². The summed E-state index contributed by atoms with van der Waals surface area (Å²) in [5.74, 6) is 0. The molecule has 0 saturated carbocycles. The Kier molecular flexibility index (Phi) is 3.44. The highest BCUT2D eigenvalue weighted by Gasteiger charge is 2.20. The minimum absolute atomic E-state index is 0.109. The van der Waals surface area contributed by atoms with Crippen molar-refractivity contribution in [3.8, 4) is 0 Å². The average Bonchev–Trinajstić information content (AvgIpc) is 2.31. The number of hydrogen-bond acceptors (Lipinski definition) is 4. The first-order valence-electron chi connectivity index (χ1n) is 5.71. The van der Waals surface area contributed by atoms with Gasteiger partial charge in [-0.1, -0.05) is 12.1 Å². The number of nitrogens with two attached hydrogens (primary N) is 1. The van der Waals surface area contributed by atoms with Crippen LogP contribution in [0.1, 0.15) is 11.3 Å². The largest absolute Gasteiger partial charge is 0.398 e. The standard InChI is InChI=1S/C13H15N3O2S/c1-9-5-3-6-11(14)13(9)19(17,18)16-12-7-4-8-15-10(12)2/h3-8,16H,14H2,1-2H3. The van der Waals surface area contributed by atoms with E-state index in [1.807, 2.05) is 0 Å². The maximum absolute atomic E-state index is 12.4. The Hall–Kier alpha value is -2.08. The Labute approximate surface area is 112 Å². The molecule has 1 aromatic carbocycles. The first kappa shape index (κ1) is 13.4. The summed E-state index contributed by atoms with van der Waals surface area (Å²) in [6.07, 6.45) is 1.61. The molecule has 0 aliphatic carbocycles. The zero-order chi connectivity index (χ0) is 14.0. The van der Waals surface area contributed by atoms with Gasteiger partial charge in [-0.15, -0.1) is 0 Å². The van der Waals surface area contributed by atoms with Gasteiger partial charge in [-0.2, -0.15) is 0 Å². The Morgan fingerprint density at radius 3 is 2.53 bits per heavy atom. The van der Waals surface area contributed by atoms with Crippen LogP contribution >= 0.6 is 0 Å². The summed E-state index contributed by atoms with van der Waals surface area (Å²) in [4.78, 5) is 4.15. The third-order valence-corrected chi connectivity index (χ3v) is 4.35. The van der Waals surface area contributed by atoms with Crippen LogP contribution < -0.4 is 10.5 Å². The van der Waals surface area contributed by atoms with Gasteiger partial charge in [0.2, 0.25) is 0 Å². The predicted molar refractivity (Wildman–Crippen MR) is 75.4 cm³/mol. The molecule has 1 heterocycles. The summed E-state index contributed by atoms with van der Waals surface area (Å²) >= 11 is 0. The van der Waals surface area contributed by atoms with Gasteiger partial charge in [0.1, 0.15) is 4.90 Å². The van der Waals surface area contributed by atoms with Gasteiger partial charge in [0.05, 0.1) is 17.1 Å². The van der Waals surface area contributed by atoms with Crippen molar-refractivity contribution >= 4 is 21.4 Å². The number of benzene rings is 1. The second-order valence-electron chi connectivity index (χ2n) is 4.24. The van der Waals surface area contributed by atoms with Crippen LogP contribution in [0.5, 0.6) is 0 Å². The van der Waals surface area contributed by atoms with E-state index in [2.05, 4.69) is 9.71 Å². The van der Waals surface area contributed by atoms with Crippen LogP contribution in [0, 0.1) is 13.8 Å². The van der Waals surface area contributed by atoms with Gasteiger partial charge in [-0.3, -0.25) is 9.71 Å². The molecular formula is C13H15N3O2S. The number of nitrogens with one attached hydrogen (secondary N) is 1. The molecule has 100 valence electrons. The molecule has 0 aliphatic rings. The maximum Gasteiger partial charge on any atom is 0.264 e. The molecule has 0 radical (unpaired) electrons. The third kappa shape index (κ3) is 2.68. The van der Waals surface area contributed by atoms with Crippen molar-refractivity contribution in [1.29, 1.82) is 0 Å². The quantitative estimate of drug-likeness (QED) is 0.841. The van der Waals surface area contributed by atoms with E-state index >= 15 is 0 Å². The van der Waals surface area contributed by atoms with Crippen molar-refractivity contribution in [1.82, 2.24) is 4.98 Å². The summed E-state index contributed by atoms with van der Waals surface area (Å²) in [5, 5.41) is 0. The first-order chi connectivity index (χ1) is 8.92. The van der Waals surface area contributed by atoms with E-state index in [1.54, 1.807) is 50.4 Å². The summed E-state index contributed by atoms with van der Waals surface area (Å²) < 4.78 is 27.3. The SMILES string of the molecule is Cc1cccc(N)c1S(=O)(=O)Nc1cccnc1C. The number of nitrogens with zero attached hydrogens (tertiary/aromatic N) is 1. The molecule has 5 nitrogen and oxygen atoms in total. The van der Waals surface area contributed by atoms with E-state index in [0.29, 0.717) is 16.9 Å². The highest BCUT2D eigenvalue weighted by Crippen LogP contribution is 2.25. The van der Waals surface area contributed by atoms with E-state index in [-0.39, 0.29) is 10.6 Å². The molecule has 0 amide bonds. The zero-order valence-corrected chi connectivity index (χ0v) is 11.5. The Bertz CT molecular complexity index is 691. The van der Waals surface area contributed by atoms with Crippen molar-refractivity contribution in [3.05, 3.63) is 47.8 Å². The smallest absolute Gasteiger partial charge is 0.264 e. The van der Waals surface area contributed by atoms with Gasteiger partial charge in [-0.25, -0.2) is 8.42 Å². The lowest BCUT2D eigenvalue weighted by Gasteiger charge is -2.13. The van der Waals surface area contributed by atoms with Gasteiger partial charge in [0, 0.05) is 6.20 Å². The van der Waals surface area contributed by atoms with Crippen molar-refractivity contribution in [2.45, 2.75) is 18.7 Å². The zero-order valence-electron chi connectivity index (χ0n) is 10.7. The van der Waals surface area contributed by atoms with Crippen molar-refractivity contribution in [2.24, 2.45) is 0 Å². The second-order valence-corrected chi connectivity index (χ2v) is 5.85. The van der Waals surface area contributed by atoms with Gasteiger partial charge >= 0.3 is 0 Å². The highest BCUT2D eigenvalue weighted by atomic mass is 32.2. The first-order valence-corrected chi connectivity index (χ1v) is 7.19. The second kappa shape index (κ2) is 4.89. The van der Waals surface area contributed by atoms with Crippen LogP contribution in [0.4, 0.5) is 11.4 Å². The van der Waals surface area contributed by atoms with Crippen LogP contribution in [-0.2, 0) is 10.0 Å². The number of nitrogen functional groups attached to an aromatic ring is 1. The number of anilines is 2. The number of sulfonamides is 1. The van der Waals surface area contributed by atoms with Gasteiger partial charge in [-0.05, 0) is 37.6 Å². The topological polar surface area (TPSA) is 85.1 Å². The fourth-order valence-electron chi connectivity index (χ4n) is 1.83. The molecule has 3 N–H and O–H groups in total. The number of pyridine rings is 1. The average molecular weight is 277 g/mol. The van der Waals surface area contributed by atoms with E-state index in [4.69, 9.17) is 5.73 Å². The van der Waals surface area contributed by atoms with Crippen LogP contribution in [0.2, 0.25) is 0 Å². The molecule has 2 aromatic rings. The summed E-state index contributed by atoms with van der Waals surface area (Å²) in [6, 6.07) is 8.33. The minimum atomic E-state index is -3.71. The molecule has 0 bridgehead atoms. The van der Waals surface area contributed by atoms with Crippen molar-refractivity contribution in [3.63, 3.8) is 0 Å². The summed E-state index contributed by atoms with van der Waals surface area (Å²) in [6.45, 7) is 3.44. The van der Waals surface area contributed by atoms with Gasteiger partial charge in [0.15, 0.2) is 0 Å². The monoisotopic (exact) mass is 277 g/mol. The fourth-order valence-corrected chi connectivity index (χ4v) is 3.31. The number of rotatable bonds is 3. The molecule has 6 heteroatoms. The van der Waals surface area contributed by atoms with Crippen LogP contribution in [0.25, 0.3) is 0 Å². The molecule has 19 heavy (non-hydrogen) atoms. The lowest BCUT2D eigenvalue weighted by atomic mass is 10.2. The Balaban J connectivity index is 2.47. The molecular weight excluding hydrogens is 262 g/mol. The molecule has 0 unspecified atom stereocenters. The lowest BCUT2D eigenvalue weighted by Crippen LogP contribution is -2.17. The van der Waals surface area contributed by atoms with E-state index in [9.17, 15) is 8.42 Å². The molecule has 0 spiro atoms. The van der Waals surface area contributed by atoms with E-state index in [1.165, 1.54) is 0 Å². The molecule has 0 saturated heterocycles. The van der Waals surface area contributed by atoms with Crippen LogP contribution in [0.3, 0.4) is 0 Å². The van der Waals surface area contributed by atoms with Crippen LogP contribution in [-0.4, -0.2) is 13.4 Å². The summed E-state index contributed by atoms with van der Waals surface area (Å²) in [5.41, 5.74) is 7.66. The number of aromatic nitrogens is 1. The van der Waals surface area contributed by atoms with E-state index in [0.717, 1.165) is 0 Å². The molecule has 0 aliphatic heterocycles. The minimum Gasteiger partial charge on any atom is -0.398 e. The van der Waals surface area contributed by atoms with Crippen molar-refractivity contribution in [2.75, 3.05) is 10.5 Å². The molecule has 0 fully saturated rings. The summed E-state index contributed by atoms with van der Waals surface area (Å²) in [7, 11) is -3.71. The third-order valence-electron chi connectivity index (χ3n) is 2.76. The lowest BCUT2D eigenvalue weighted by molar-refractivity contribution is 0.601. The predicted octanol–water partition coefficient (Wildman–Crippen LogP) is 2.08. The normalized spacial score (nSPS) is 11.3. The maximum atomic E-state index is 12.4. The number of aryl methyl sites for hydroxylation is 2. The Morgan fingerprint density at radius 1 is 1.16 bits per heavy atom. The highest BCUT2D eigenvalue weighted by molar-refractivity contribution is 7.93. The molecule has 1 aromatic heterocycles. The fraction of sp³-hybridized carbons (Fsp3) is 0.154. The van der Waals surface area contributed by atoms with Crippen LogP contribution in [0.15, 0.2) is 41.4 Å². The molecule has 0 atom stereocenters. The Morgan fingerprint density at radius 2 is 1.89 bits per heavy atom. The number of hydrogen-bond donors (Lipinski definition) is 2. The molecule has 2 rings (SSSR count). The van der Waals surface area contributed by atoms with Crippen molar-refractivity contribution < 1.29 is 8.42 Å².